The van der Waals surface area contributed by atoms with Gasteiger partial charge in [-0.2, -0.15) is 0 Å². The molecule has 26 heavy (non-hydrogen) atoms. The molecule has 0 radical (unpaired) electrons. The quantitative estimate of drug-likeness (QED) is 0.749. The van der Waals surface area contributed by atoms with Crippen LogP contribution in [0.15, 0.2) is 11.6 Å². The van der Waals surface area contributed by atoms with Gasteiger partial charge < -0.3 is 14.2 Å². The Bertz CT molecular complexity index is 634. The Balaban J connectivity index is 1.57. The summed E-state index contributed by atoms with van der Waals surface area (Å²) in [6, 6.07) is 0. The summed E-state index contributed by atoms with van der Waals surface area (Å²) in [5.41, 5.74) is 1.50. The second-order valence-electron chi connectivity index (χ2n) is 9.55. The molecule has 4 heteroatoms. The highest BCUT2D eigenvalue weighted by atomic mass is 16.7. The van der Waals surface area contributed by atoms with Crippen molar-refractivity contribution in [2.45, 2.75) is 64.1 Å². The van der Waals surface area contributed by atoms with Gasteiger partial charge >= 0.3 is 0 Å². The third kappa shape index (κ3) is 2.04. The van der Waals surface area contributed by atoms with Crippen molar-refractivity contribution in [3.05, 3.63) is 11.6 Å². The number of rotatable bonds is 2. The minimum Gasteiger partial charge on any atom is -0.384 e. The van der Waals surface area contributed by atoms with Gasteiger partial charge in [0.1, 0.15) is 0 Å². The average Bonchev–Trinajstić information content (AvgIpc) is 3.23. The van der Waals surface area contributed by atoms with Crippen LogP contribution in [0.3, 0.4) is 0 Å². The lowest BCUT2D eigenvalue weighted by Crippen LogP contribution is -2.59. The molecule has 4 nitrogen and oxygen atoms in total. The third-order valence-electron chi connectivity index (χ3n) is 8.77. The molecule has 1 heterocycles. The highest BCUT2D eigenvalue weighted by Gasteiger charge is 2.69. The van der Waals surface area contributed by atoms with Crippen LogP contribution in [-0.4, -0.2) is 38.5 Å². The van der Waals surface area contributed by atoms with Crippen LogP contribution in [-0.2, 0) is 19.0 Å². The first-order chi connectivity index (χ1) is 12.6. The minimum atomic E-state index is -0.517. The van der Waals surface area contributed by atoms with Crippen molar-refractivity contribution >= 4 is 5.78 Å². The zero-order valence-corrected chi connectivity index (χ0v) is 16.2. The maximum absolute atomic E-state index is 13.3. The van der Waals surface area contributed by atoms with Gasteiger partial charge in [-0.05, 0) is 61.9 Å². The van der Waals surface area contributed by atoms with Crippen molar-refractivity contribution in [3.8, 4) is 0 Å². The average molecular weight is 360 g/mol. The minimum absolute atomic E-state index is 0.123. The Morgan fingerprint density at radius 2 is 1.88 bits per heavy atom. The van der Waals surface area contributed by atoms with E-state index in [9.17, 15) is 4.79 Å². The topological polar surface area (TPSA) is 44.8 Å². The van der Waals surface area contributed by atoms with E-state index in [0.29, 0.717) is 37.4 Å². The van der Waals surface area contributed by atoms with Gasteiger partial charge in [-0.1, -0.05) is 18.9 Å². The molecule has 0 aromatic rings. The summed E-state index contributed by atoms with van der Waals surface area (Å²) >= 11 is 0. The molecule has 0 aromatic carbocycles. The maximum Gasteiger partial charge on any atom is 0.176 e. The van der Waals surface area contributed by atoms with Gasteiger partial charge in [-0.25, -0.2) is 0 Å². The van der Waals surface area contributed by atoms with E-state index in [1.807, 2.05) is 6.08 Å². The molecule has 0 N–H and O–H groups in total. The summed E-state index contributed by atoms with van der Waals surface area (Å²) in [4.78, 5) is 13.3. The third-order valence-corrected chi connectivity index (χ3v) is 8.77. The van der Waals surface area contributed by atoms with Crippen LogP contribution >= 0.6 is 0 Å². The van der Waals surface area contributed by atoms with E-state index in [-0.39, 0.29) is 16.7 Å². The number of carbonyl (C=O) groups is 1. The summed E-state index contributed by atoms with van der Waals surface area (Å²) in [7, 11) is 1.78. The van der Waals surface area contributed by atoms with Crippen molar-refractivity contribution in [2.75, 3.05) is 26.9 Å². The summed E-state index contributed by atoms with van der Waals surface area (Å²) in [6.45, 7) is 4.42. The van der Waals surface area contributed by atoms with Crippen molar-refractivity contribution in [3.63, 3.8) is 0 Å². The highest BCUT2D eigenvalue weighted by Crippen LogP contribution is 2.68. The van der Waals surface area contributed by atoms with Gasteiger partial charge in [0.15, 0.2) is 11.6 Å². The van der Waals surface area contributed by atoms with E-state index in [4.69, 9.17) is 14.2 Å². The zero-order chi connectivity index (χ0) is 18.0. The van der Waals surface area contributed by atoms with Crippen molar-refractivity contribution in [1.29, 1.82) is 0 Å². The Hall–Kier alpha value is -0.710. The predicted octanol–water partition coefficient (Wildman–Crippen LogP) is 3.89. The molecule has 5 atom stereocenters. The lowest BCUT2D eigenvalue weighted by Gasteiger charge is -2.58. The van der Waals surface area contributed by atoms with Crippen molar-refractivity contribution in [1.82, 2.24) is 0 Å². The van der Waals surface area contributed by atoms with Crippen LogP contribution in [0.5, 0.6) is 0 Å². The van der Waals surface area contributed by atoms with Gasteiger partial charge in [0.2, 0.25) is 0 Å². The number of hydrogen-bond acceptors (Lipinski definition) is 4. The number of carbonyl (C=O) groups excluding carboxylic acids is 1. The van der Waals surface area contributed by atoms with E-state index in [1.165, 1.54) is 24.8 Å². The van der Waals surface area contributed by atoms with Crippen LogP contribution in [0, 0.1) is 28.6 Å². The lowest BCUT2D eigenvalue weighted by molar-refractivity contribution is -0.259. The zero-order valence-electron chi connectivity index (χ0n) is 16.2. The van der Waals surface area contributed by atoms with Gasteiger partial charge in [0.05, 0.1) is 25.2 Å². The van der Waals surface area contributed by atoms with E-state index >= 15 is 0 Å². The second kappa shape index (κ2) is 5.89. The van der Waals surface area contributed by atoms with Gasteiger partial charge in [-0.15, -0.1) is 0 Å². The molecular weight excluding hydrogens is 328 g/mol. The number of methoxy groups -OCH3 is 1. The lowest BCUT2D eigenvalue weighted by atomic mass is 9.47. The molecule has 1 spiro atoms. The fraction of sp³-hybridized carbons (Fsp3) is 0.864. The summed E-state index contributed by atoms with van der Waals surface area (Å²) in [5.74, 6) is 0.795. The molecule has 1 aliphatic heterocycles. The predicted molar refractivity (Wildman–Crippen MR) is 97.5 cm³/mol. The van der Waals surface area contributed by atoms with Crippen LogP contribution in [0.4, 0.5) is 0 Å². The van der Waals surface area contributed by atoms with Crippen LogP contribution in [0.2, 0.25) is 0 Å². The van der Waals surface area contributed by atoms with Gasteiger partial charge in [-0.3, -0.25) is 4.79 Å². The molecule has 0 amide bonds. The molecule has 144 valence electrons. The smallest absolute Gasteiger partial charge is 0.176 e. The van der Waals surface area contributed by atoms with Crippen molar-refractivity contribution < 1.29 is 19.0 Å². The Morgan fingerprint density at radius 3 is 2.65 bits per heavy atom. The molecule has 0 aromatic heterocycles. The normalized spacial score (nSPS) is 46.6. The Morgan fingerprint density at radius 1 is 1.12 bits per heavy atom. The number of ether oxygens (including phenoxy) is 3. The molecule has 4 aliphatic carbocycles. The standard InChI is InChI=1S/C22H32O4/c1-20-8-4-3-5-15(20)13-18(23)19-16(20)6-9-21(14-24-2)17(19)7-10-22(21)25-11-12-26-22/h13,16-17,19H,3-12,14H2,1-2H3/t16-,17-,19+,20-,21+/m0/s1. The molecular formula is C22H32O4. The van der Waals surface area contributed by atoms with E-state index < -0.39 is 5.79 Å². The largest absolute Gasteiger partial charge is 0.384 e. The highest BCUT2D eigenvalue weighted by molar-refractivity contribution is 5.94. The van der Waals surface area contributed by atoms with E-state index in [1.54, 1.807) is 7.11 Å². The maximum atomic E-state index is 13.3. The van der Waals surface area contributed by atoms with Gasteiger partial charge in [0.25, 0.3) is 0 Å². The molecule has 0 unspecified atom stereocenters. The first kappa shape index (κ1) is 17.4. The molecule has 1 saturated heterocycles. The Kier molecular flexibility index (Phi) is 3.94. The molecule has 5 rings (SSSR count). The molecule has 4 fully saturated rings. The van der Waals surface area contributed by atoms with Crippen LogP contribution < -0.4 is 0 Å². The number of hydrogen-bond donors (Lipinski definition) is 0. The number of fused-ring (bicyclic) bond motifs is 6. The molecule has 5 aliphatic rings. The van der Waals surface area contributed by atoms with Gasteiger partial charge in [0, 0.05) is 19.4 Å². The first-order valence-corrected chi connectivity index (χ1v) is 10.6. The van der Waals surface area contributed by atoms with E-state index in [2.05, 4.69) is 6.92 Å². The summed E-state index contributed by atoms with van der Waals surface area (Å²) in [6.07, 6.45) is 11.0. The summed E-state index contributed by atoms with van der Waals surface area (Å²) in [5, 5.41) is 0. The number of ketones is 1. The monoisotopic (exact) mass is 360 g/mol. The van der Waals surface area contributed by atoms with Crippen LogP contribution in [0.25, 0.3) is 0 Å². The number of allylic oxidation sites excluding steroid dienone is 2. The molecule has 0 bridgehead atoms. The fourth-order valence-electron chi connectivity index (χ4n) is 7.65. The second-order valence-corrected chi connectivity index (χ2v) is 9.55. The van der Waals surface area contributed by atoms with E-state index in [0.717, 1.165) is 32.1 Å². The Labute approximate surface area is 156 Å². The molecule has 3 saturated carbocycles. The SMILES string of the molecule is COC[C@]12CC[C@H]3[C@@H](C(=O)C=C4CCCC[C@@]43C)[C@@H]1CCC21OCCO1. The van der Waals surface area contributed by atoms with Crippen molar-refractivity contribution in [2.24, 2.45) is 28.6 Å². The fourth-order valence-corrected chi connectivity index (χ4v) is 7.65. The summed E-state index contributed by atoms with van der Waals surface area (Å²) < 4.78 is 18.2. The van der Waals surface area contributed by atoms with Crippen LogP contribution in [0.1, 0.15) is 58.3 Å². The first-order valence-electron chi connectivity index (χ1n) is 10.6.